The van der Waals surface area contributed by atoms with Crippen molar-refractivity contribution in [2.45, 2.75) is 13.3 Å². The third-order valence-corrected chi connectivity index (χ3v) is 4.04. The van der Waals surface area contributed by atoms with E-state index in [1.807, 2.05) is 11.6 Å². The highest BCUT2D eigenvalue weighted by molar-refractivity contribution is 9.10. The second-order valence-corrected chi connectivity index (χ2v) is 5.38. The average molecular weight is 333 g/mol. The van der Waals surface area contributed by atoms with Crippen molar-refractivity contribution in [2.75, 3.05) is 5.88 Å². The van der Waals surface area contributed by atoms with Crippen LogP contribution in [0.3, 0.4) is 0 Å². The number of aryl methyl sites for hydroxylation is 2. The highest BCUT2D eigenvalue weighted by atomic mass is 79.9. The summed E-state index contributed by atoms with van der Waals surface area (Å²) in [6.45, 7) is 1.79. The van der Waals surface area contributed by atoms with Gasteiger partial charge in [-0.15, -0.1) is 11.6 Å². The number of fused-ring (bicyclic) bond motifs is 1. The van der Waals surface area contributed by atoms with Gasteiger partial charge < -0.3 is 4.57 Å². The average Bonchev–Trinajstić information content (AvgIpc) is 2.31. The fraction of sp³-hybridized carbons (Fsp3) is 0.308. The Morgan fingerprint density at radius 1 is 1.44 bits per heavy atom. The van der Waals surface area contributed by atoms with Crippen molar-refractivity contribution in [3.8, 4) is 0 Å². The predicted molar refractivity (Wildman–Crippen MR) is 76.0 cm³/mol. The molecule has 0 radical (unpaired) electrons. The lowest BCUT2D eigenvalue weighted by Crippen LogP contribution is -2.16. The van der Waals surface area contributed by atoms with Gasteiger partial charge in [0.15, 0.2) is 0 Å². The van der Waals surface area contributed by atoms with Crippen LogP contribution in [0.15, 0.2) is 21.4 Å². The SMILES string of the molecule is Cc1cc(F)cc2c(=O)c(Br)c(CCCl)n(C)c12. The largest absolute Gasteiger partial charge is 0.346 e. The normalized spacial score (nSPS) is 11.2. The molecule has 0 aliphatic heterocycles. The van der Waals surface area contributed by atoms with Crippen LogP contribution in [0, 0.1) is 12.7 Å². The number of alkyl halides is 1. The van der Waals surface area contributed by atoms with Crippen molar-refractivity contribution in [3.05, 3.63) is 43.9 Å². The van der Waals surface area contributed by atoms with Gasteiger partial charge in [-0.2, -0.15) is 0 Å². The topological polar surface area (TPSA) is 22.0 Å². The van der Waals surface area contributed by atoms with Crippen LogP contribution >= 0.6 is 27.5 Å². The maximum absolute atomic E-state index is 13.4. The smallest absolute Gasteiger partial charge is 0.203 e. The standard InChI is InChI=1S/C13H12BrClFNO/c1-7-5-8(16)6-9-12(7)17(2)10(3-4-15)11(14)13(9)18/h5-6H,3-4H2,1-2H3. The van der Waals surface area contributed by atoms with Crippen molar-refractivity contribution in [1.29, 1.82) is 0 Å². The Balaban J connectivity index is 2.98. The first-order chi connectivity index (χ1) is 8.47. The summed E-state index contributed by atoms with van der Waals surface area (Å²) >= 11 is 9.04. The molecule has 0 unspecified atom stereocenters. The molecule has 2 nitrogen and oxygen atoms in total. The van der Waals surface area contributed by atoms with E-state index in [1.165, 1.54) is 12.1 Å². The van der Waals surface area contributed by atoms with E-state index in [9.17, 15) is 9.18 Å². The summed E-state index contributed by atoms with van der Waals surface area (Å²) in [7, 11) is 1.86. The van der Waals surface area contributed by atoms with E-state index in [1.54, 1.807) is 6.92 Å². The molecule has 0 aliphatic carbocycles. The number of benzene rings is 1. The van der Waals surface area contributed by atoms with Crippen LogP contribution in [0.2, 0.25) is 0 Å². The summed E-state index contributed by atoms with van der Waals surface area (Å²) in [5.74, 6) is 0.0338. The zero-order valence-corrected chi connectivity index (χ0v) is 12.4. The monoisotopic (exact) mass is 331 g/mol. The number of halogens is 3. The fourth-order valence-electron chi connectivity index (χ4n) is 2.25. The maximum Gasteiger partial charge on any atom is 0.203 e. The molecule has 0 N–H and O–H groups in total. The molecule has 0 saturated carbocycles. The molecule has 18 heavy (non-hydrogen) atoms. The Morgan fingerprint density at radius 2 is 2.11 bits per heavy atom. The third-order valence-electron chi connectivity index (χ3n) is 3.03. The molecule has 0 bridgehead atoms. The molecule has 0 amide bonds. The van der Waals surface area contributed by atoms with Crippen molar-refractivity contribution in [1.82, 2.24) is 4.57 Å². The van der Waals surface area contributed by atoms with E-state index in [-0.39, 0.29) is 5.43 Å². The first-order valence-electron chi connectivity index (χ1n) is 5.50. The van der Waals surface area contributed by atoms with Gasteiger partial charge in [0.1, 0.15) is 5.82 Å². The van der Waals surface area contributed by atoms with Gasteiger partial charge in [-0.1, -0.05) is 0 Å². The molecule has 2 aromatic rings. The minimum absolute atomic E-state index is 0.189. The van der Waals surface area contributed by atoms with Crippen LogP contribution in [0.4, 0.5) is 4.39 Å². The molecule has 1 aromatic carbocycles. The first kappa shape index (κ1) is 13.6. The molecule has 0 fully saturated rings. The molecule has 0 saturated heterocycles. The predicted octanol–water partition coefficient (Wildman–Crippen LogP) is 3.53. The van der Waals surface area contributed by atoms with Crippen molar-refractivity contribution in [2.24, 2.45) is 7.05 Å². The Bertz CT molecular complexity index is 681. The van der Waals surface area contributed by atoms with Gasteiger partial charge in [0, 0.05) is 25.0 Å². The minimum atomic E-state index is -0.394. The molecule has 1 heterocycles. The zero-order chi connectivity index (χ0) is 13.4. The summed E-state index contributed by atoms with van der Waals surface area (Å²) < 4.78 is 15.8. The molecule has 5 heteroatoms. The van der Waals surface area contributed by atoms with Crippen molar-refractivity contribution in [3.63, 3.8) is 0 Å². The third kappa shape index (κ3) is 2.08. The van der Waals surface area contributed by atoms with Crippen LogP contribution < -0.4 is 5.43 Å². The van der Waals surface area contributed by atoms with Gasteiger partial charge in [-0.05, 0) is 40.5 Å². The van der Waals surface area contributed by atoms with E-state index in [4.69, 9.17) is 11.6 Å². The van der Waals surface area contributed by atoms with Crippen LogP contribution in [-0.4, -0.2) is 10.4 Å². The lowest BCUT2D eigenvalue weighted by Gasteiger charge is -2.15. The van der Waals surface area contributed by atoms with Crippen LogP contribution in [0.25, 0.3) is 10.9 Å². The van der Waals surface area contributed by atoms with Gasteiger partial charge in [-0.3, -0.25) is 4.79 Å². The summed E-state index contributed by atoms with van der Waals surface area (Å²) in [6.07, 6.45) is 0.584. The second-order valence-electron chi connectivity index (χ2n) is 4.21. The molecule has 0 atom stereocenters. The summed E-state index contributed by atoms with van der Waals surface area (Å²) in [4.78, 5) is 12.2. The van der Waals surface area contributed by atoms with E-state index in [0.29, 0.717) is 22.2 Å². The molecule has 2 rings (SSSR count). The Labute approximate surface area is 118 Å². The second kappa shape index (κ2) is 5.02. The van der Waals surface area contributed by atoms with Gasteiger partial charge >= 0.3 is 0 Å². The number of rotatable bonds is 2. The van der Waals surface area contributed by atoms with Crippen LogP contribution in [0.1, 0.15) is 11.3 Å². The van der Waals surface area contributed by atoms with E-state index in [0.717, 1.165) is 16.8 Å². The van der Waals surface area contributed by atoms with E-state index in [2.05, 4.69) is 15.9 Å². The quantitative estimate of drug-likeness (QED) is 0.771. The molecule has 96 valence electrons. The molecule has 0 aliphatic rings. The van der Waals surface area contributed by atoms with Gasteiger partial charge in [-0.25, -0.2) is 4.39 Å². The van der Waals surface area contributed by atoms with Gasteiger partial charge in [0.2, 0.25) is 5.43 Å². The maximum atomic E-state index is 13.4. The number of pyridine rings is 1. The fourth-order valence-corrected chi connectivity index (χ4v) is 3.11. The summed E-state index contributed by atoms with van der Waals surface area (Å²) in [5.41, 5.74) is 2.14. The lowest BCUT2D eigenvalue weighted by atomic mass is 10.1. The summed E-state index contributed by atoms with van der Waals surface area (Å²) in [6, 6.07) is 2.71. The van der Waals surface area contributed by atoms with Crippen molar-refractivity contribution < 1.29 is 4.39 Å². The number of hydrogen-bond acceptors (Lipinski definition) is 1. The highest BCUT2D eigenvalue weighted by Crippen LogP contribution is 2.23. The molecule has 1 aromatic heterocycles. The van der Waals surface area contributed by atoms with Crippen molar-refractivity contribution >= 4 is 38.4 Å². The van der Waals surface area contributed by atoms with Gasteiger partial charge in [0.05, 0.1) is 15.4 Å². The number of nitrogens with zero attached hydrogens (tertiary/aromatic N) is 1. The molecular weight excluding hydrogens is 321 g/mol. The van der Waals surface area contributed by atoms with E-state index < -0.39 is 5.82 Å². The Kier molecular flexibility index (Phi) is 3.78. The van der Waals surface area contributed by atoms with Crippen LogP contribution in [0.5, 0.6) is 0 Å². The highest BCUT2D eigenvalue weighted by Gasteiger charge is 2.15. The molecule has 0 spiro atoms. The number of hydrogen-bond donors (Lipinski definition) is 0. The Hall–Kier alpha value is -0.870. The molecular formula is C13H12BrClFNO. The summed E-state index contributed by atoms with van der Waals surface area (Å²) in [5, 5.41) is 0.389. The van der Waals surface area contributed by atoms with Gasteiger partial charge in [0.25, 0.3) is 0 Å². The lowest BCUT2D eigenvalue weighted by molar-refractivity contribution is 0.628. The number of aromatic nitrogens is 1. The Morgan fingerprint density at radius 3 is 2.72 bits per heavy atom. The zero-order valence-electron chi connectivity index (χ0n) is 10.1. The first-order valence-corrected chi connectivity index (χ1v) is 6.83. The minimum Gasteiger partial charge on any atom is -0.346 e. The van der Waals surface area contributed by atoms with Crippen LogP contribution in [-0.2, 0) is 13.5 Å². The van der Waals surface area contributed by atoms with E-state index >= 15 is 0 Å².